The van der Waals surface area contributed by atoms with Crippen LogP contribution in [0.5, 0.6) is 5.75 Å². The molecule has 0 radical (unpaired) electrons. The molecule has 7 nitrogen and oxygen atoms in total. The molecule has 7 heteroatoms. The summed E-state index contributed by atoms with van der Waals surface area (Å²) < 4.78 is 14.7. The molecule has 1 heterocycles. The first-order valence-corrected chi connectivity index (χ1v) is 7.08. The Morgan fingerprint density at radius 1 is 1.26 bits per heavy atom. The lowest BCUT2D eigenvalue weighted by atomic mass is 10.1. The third-order valence-corrected chi connectivity index (χ3v) is 3.06. The lowest BCUT2D eigenvalue weighted by molar-refractivity contribution is -0.124. The Labute approximate surface area is 133 Å². The molecule has 0 aliphatic heterocycles. The van der Waals surface area contributed by atoms with E-state index in [1.54, 1.807) is 14.0 Å². The molecule has 1 amide bonds. The van der Waals surface area contributed by atoms with Crippen molar-refractivity contribution in [2.24, 2.45) is 0 Å². The molecule has 0 saturated carbocycles. The largest absolute Gasteiger partial charge is 0.497 e. The molecule has 1 N–H and O–H groups in total. The van der Waals surface area contributed by atoms with E-state index in [0.717, 1.165) is 11.3 Å². The number of aryl methyl sites for hydroxylation is 1. The van der Waals surface area contributed by atoms with Gasteiger partial charge >= 0.3 is 5.97 Å². The summed E-state index contributed by atoms with van der Waals surface area (Å²) in [6.45, 7) is 1.78. The van der Waals surface area contributed by atoms with Crippen molar-refractivity contribution in [3.8, 4) is 5.75 Å². The normalized spacial score (nSPS) is 10.2. The first kappa shape index (κ1) is 16.5. The van der Waals surface area contributed by atoms with Gasteiger partial charge in [-0.05, 0) is 31.0 Å². The molecule has 122 valence electrons. The van der Waals surface area contributed by atoms with Crippen LogP contribution in [0.1, 0.15) is 21.8 Å². The van der Waals surface area contributed by atoms with E-state index >= 15 is 0 Å². The van der Waals surface area contributed by atoms with Crippen molar-refractivity contribution in [3.63, 3.8) is 0 Å². The van der Waals surface area contributed by atoms with Gasteiger partial charge in [-0.3, -0.25) is 4.79 Å². The number of nitrogens with one attached hydrogen (secondary N) is 1. The molecule has 0 unspecified atom stereocenters. The number of amides is 1. The molecule has 2 aromatic rings. The molecular formula is C16H18N2O5. The molecule has 0 bridgehead atoms. The van der Waals surface area contributed by atoms with Crippen molar-refractivity contribution in [2.75, 3.05) is 20.3 Å². The van der Waals surface area contributed by atoms with Crippen LogP contribution < -0.4 is 10.1 Å². The highest BCUT2D eigenvalue weighted by molar-refractivity contribution is 5.88. The molecular weight excluding hydrogens is 300 g/mol. The maximum atomic E-state index is 11.6. The highest BCUT2D eigenvalue weighted by Gasteiger charge is 2.14. The van der Waals surface area contributed by atoms with Gasteiger partial charge in [0.25, 0.3) is 5.91 Å². The molecule has 0 spiro atoms. The molecule has 1 aromatic carbocycles. The lowest BCUT2D eigenvalue weighted by Gasteiger charge is -2.06. The summed E-state index contributed by atoms with van der Waals surface area (Å²) in [5.74, 6) is -0.320. The molecule has 23 heavy (non-hydrogen) atoms. The first-order chi connectivity index (χ1) is 11.1. The molecule has 0 aliphatic rings. The Bertz CT molecular complexity index is 663. The minimum atomic E-state index is -0.712. The van der Waals surface area contributed by atoms with Crippen molar-refractivity contribution >= 4 is 11.9 Å². The van der Waals surface area contributed by atoms with Crippen LogP contribution in [0.15, 0.2) is 34.9 Å². The highest BCUT2D eigenvalue weighted by atomic mass is 16.6. The van der Waals surface area contributed by atoms with Gasteiger partial charge in [0.2, 0.25) is 5.76 Å². The van der Waals surface area contributed by atoms with Crippen molar-refractivity contribution < 1.29 is 23.6 Å². The number of carbonyl (C=O) groups is 2. The predicted molar refractivity (Wildman–Crippen MR) is 81.2 cm³/mol. The van der Waals surface area contributed by atoms with Crippen LogP contribution in [0.4, 0.5) is 0 Å². The standard InChI is InChI=1S/C16H18N2O5/c1-11-9-14(23-18-11)16(20)22-10-15(19)17-8-7-12-3-5-13(21-2)6-4-12/h3-6,9H,7-8,10H2,1-2H3,(H,17,19). The van der Waals surface area contributed by atoms with Crippen molar-refractivity contribution in [1.29, 1.82) is 0 Å². The van der Waals surface area contributed by atoms with E-state index in [2.05, 4.69) is 10.5 Å². The first-order valence-electron chi connectivity index (χ1n) is 7.08. The number of carbonyl (C=O) groups excluding carboxylic acids is 2. The molecule has 0 saturated heterocycles. The zero-order valence-electron chi connectivity index (χ0n) is 13.0. The summed E-state index contributed by atoms with van der Waals surface area (Å²) in [6, 6.07) is 9.02. The number of esters is 1. The van der Waals surface area contributed by atoms with Crippen LogP contribution in [0.2, 0.25) is 0 Å². The van der Waals surface area contributed by atoms with E-state index in [1.165, 1.54) is 6.07 Å². The fraction of sp³-hybridized carbons (Fsp3) is 0.312. The van der Waals surface area contributed by atoms with Gasteiger partial charge in [-0.15, -0.1) is 0 Å². The van der Waals surface area contributed by atoms with E-state index in [-0.39, 0.29) is 18.3 Å². The van der Waals surface area contributed by atoms with E-state index < -0.39 is 5.97 Å². The number of rotatable bonds is 7. The average Bonchev–Trinajstić information content (AvgIpc) is 3.00. The zero-order chi connectivity index (χ0) is 16.7. The summed E-state index contributed by atoms with van der Waals surface area (Å²) in [7, 11) is 1.61. The van der Waals surface area contributed by atoms with Gasteiger partial charge in [0.15, 0.2) is 6.61 Å². The number of methoxy groups -OCH3 is 1. The minimum Gasteiger partial charge on any atom is -0.497 e. The molecule has 0 aliphatic carbocycles. The third kappa shape index (κ3) is 5.14. The van der Waals surface area contributed by atoms with Crippen LogP contribution in [-0.4, -0.2) is 37.3 Å². The number of benzene rings is 1. The van der Waals surface area contributed by atoms with Crippen LogP contribution >= 0.6 is 0 Å². The molecule has 0 fully saturated rings. The lowest BCUT2D eigenvalue weighted by Crippen LogP contribution is -2.30. The van der Waals surface area contributed by atoms with Crippen LogP contribution in [0, 0.1) is 6.92 Å². The zero-order valence-corrected chi connectivity index (χ0v) is 13.0. The van der Waals surface area contributed by atoms with E-state index in [0.29, 0.717) is 18.7 Å². The second kappa shape index (κ2) is 7.98. The number of aromatic nitrogens is 1. The van der Waals surface area contributed by atoms with E-state index in [9.17, 15) is 9.59 Å². The summed E-state index contributed by atoms with van der Waals surface area (Å²) in [5, 5.41) is 6.25. The van der Waals surface area contributed by atoms with E-state index in [4.69, 9.17) is 14.0 Å². The monoisotopic (exact) mass is 318 g/mol. The topological polar surface area (TPSA) is 90.7 Å². The van der Waals surface area contributed by atoms with Crippen molar-refractivity contribution in [3.05, 3.63) is 47.3 Å². The maximum absolute atomic E-state index is 11.6. The van der Waals surface area contributed by atoms with Crippen molar-refractivity contribution in [2.45, 2.75) is 13.3 Å². The minimum absolute atomic E-state index is 0.0199. The second-order valence-electron chi connectivity index (χ2n) is 4.86. The summed E-state index contributed by atoms with van der Waals surface area (Å²) in [4.78, 5) is 23.2. The number of ether oxygens (including phenoxy) is 2. The van der Waals surface area contributed by atoms with Gasteiger partial charge in [-0.1, -0.05) is 17.3 Å². The Hall–Kier alpha value is -2.83. The van der Waals surface area contributed by atoms with Gasteiger partial charge < -0.3 is 19.3 Å². The van der Waals surface area contributed by atoms with Gasteiger partial charge in [0, 0.05) is 12.6 Å². The Morgan fingerprint density at radius 2 is 2.00 bits per heavy atom. The van der Waals surface area contributed by atoms with Gasteiger partial charge in [0.1, 0.15) is 5.75 Å². The van der Waals surface area contributed by atoms with Gasteiger partial charge in [-0.2, -0.15) is 0 Å². The summed E-state index contributed by atoms with van der Waals surface area (Å²) in [6.07, 6.45) is 0.672. The Kier molecular flexibility index (Phi) is 5.74. The second-order valence-corrected chi connectivity index (χ2v) is 4.86. The number of nitrogens with zero attached hydrogens (tertiary/aromatic N) is 1. The predicted octanol–water partition coefficient (Wildman–Crippen LogP) is 1.51. The average molecular weight is 318 g/mol. The number of hydrogen-bond donors (Lipinski definition) is 1. The highest BCUT2D eigenvalue weighted by Crippen LogP contribution is 2.11. The molecule has 2 rings (SSSR count). The van der Waals surface area contributed by atoms with Gasteiger partial charge in [-0.25, -0.2) is 4.79 Å². The fourth-order valence-corrected chi connectivity index (χ4v) is 1.85. The number of hydrogen-bond acceptors (Lipinski definition) is 6. The Morgan fingerprint density at radius 3 is 2.61 bits per heavy atom. The van der Waals surface area contributed by atoms with Crippen LogP contribution in [0.25, 0.3) is 0 Å². The van der Waals surface area contributed by atoms with Gasteiger partial charge in [0.05, 0.1) is 12.8 Å². The SMILES string of the molecule is COc1ccc(CCNC(=O)COC(=O)c2cc(C)no2)cc1. The smallest absolute Gasteiger partial charge is 0.377 e. The Balaban J connectivity index is 1.67. The fourth-order valence-electron chi connectivity index (χ4n) is 1.85. The molecule has 1 aromatic heterocycles. The summed E-state index contributed by atoms with van der Waals surface area (Å²) >= 11 is 0. The van der Waals surface area contributed by atoms with Crippen molar-refractivity contribution in [1.82, 2.24) is 10.5 Å². The third-order valence-electron chi connectivity index (χ3n) is 3.06. The van der Waals surface area contributed by atoms with Crippen LogP contribution in [-0.2, 0) is 16.0 Å². The maximum Gasteiger partial charge on any atom is 0.377 e. The summed E-state index contributed by atoms with van der Waals surface area (Å²) in [5.41, 5.74) is 1.64. The quantitative estimate of drug-likeness (QED) is 0.778. The molecule has 0 atom stereocenters. The van der Waals surface area contributed by atoms with Crippen LogP contribution in [0.3, 0.4) is 0 Å². The van der Waals surface area contributed by atoms with E-state index in [1.807, 2.05) is 24.3 Å².